The summed E-state index contributed by atoms with van der Waals surface area (Å²) in [5.41, 5.74) is 4.37. The SMILES string of the molecule is Cc1c([C@@H](O)CN2CCC3(CCCN(c4ncc(-n5cnnn5)cn4)C3)CC2)ccc2c1COC2=O. The summed E-state index contributed by atoms with van der Waals surface area (Å²) in [4.78, 5) is 25.7. The summed E-state index contributed by atoms with van der Waals surface area (Å²) in [5.74, 6) is 0.476. The Morgan fingerprint density at radius 3 is 2.69 bits per heavy atom. The van der Waals surface area contributed by atoms with E-state index in [-0.39, 0.29) is 11.4 Å². The van der Waals surface area contributed by atoms with Crippen molar-refractivity contribution in [2.45, 2.75) is 45.3 Å². The molecule has 188 valence electrons. The highest BCUT2D eigenvalue weighted by Gasteiger charge is 2.39. The van der Waals surface area contributed by atoms with E-state index in [0.717, 1.165) is 73.8 Å². The molecular formula is C25H30N8O3. The fourth-order valence-corrected chi connectivity index (χ4v) is 5.94. The first-order valence-corrected chi connectivity index (χ1v) is 12.5. The third-order valence-corrected chi connectivity index (χ3v) is 8.10. The number of aromatic nitrogens is 6. The molecular weight excluding hydrogens is 460 g/mol. The number of hydrogen-bond acceptors (Lipinski definition) is 10. The molecule has 0 amide bonds. The van der Waals surface area contributed by atoms with Crippen molar-refractivity contribution in [2.75, 3.05) is 37.6 Å². The lowest BCUT2D eigenvalue weighted by Gasteiger charge is -2.48. The Morgan fingerprint density at radius 1 is 1.14 bits per heavy atom. The van der Waals surface area contributed by atoms with Crippen molar-refractivity contribution in [3.63, 3.8) is 0 Å². The van der Waals surface area contributed by atoms with Crippen molar-refractivity contribution >= 4 is 11.9 Å². The monoisotopic (exact) mass is 490 g/mol. The van der Waals surface area contributed by atoms with Gasteiger partial charge in [0, 0.05) is 25.2 Å². The highest BCUT2D eigenvalue weighted by atomic mass is 16.5. The molecule has 2 saturated heterocycles. The van der Waals surface area contributed by atoms with Crippen LogP contribution >= 0.6 is 0 Å². The molecule has 36 heavy (non-hydrogen) atoms. The van der Waals surface area contributed by atoms with Crippen molar-refractivity contribution < 1.29 is 14.6 Å². The molecule has 0 radical (unpaired) electrons. The van der Waals surface area contributed by atoms with Gasteiger partial charge in [-0.3, -0.25) is 0 Å². The van der Waals surface area contributed by atoms with Crippen LogP contribution in [0, 0.1) is 12.3 Å². The average molecular weight is 491 g/mol. The molecule has 1 N–H and O–H groups in total. The van der Waals surface area contributed by atoms with E-state index < -0.39 is 6.10 Å². The Morgan fingerprint density at radius 2 is 1.94 bits per heavy atom. The van der Waals surface area contributed by atoms with Crippen LogP contribution in [0.3, 0.4) is 0 Å². The lowest BCUT2D eigenvalue weighted by Crippen LogP contribution is -2.50. The number of β-amino-alcohol motifs (C(OH)–C–C–N with tert-alkyl or cyclic N) is 1. The van der Waals surface area contributed by atoms with Crippen LogP contribution in [0.15, 0.2) is 30.9 Å². The summed E-state index contributed by atoms with van der Waals surface area (Å²) >= 11 is 0. The summed E-state index contributed by atoms with van der Waals surface area (Å²) in [6.45, 7) is 6.68. The van der Waals surface area contributed by atoms with Gasteiger partial charge in [0.1, 0.15) is 18.6 Å². The molecule has 0 saturated carbocycles. The largest absolute Gasteiger partial charge is 0.457 e. The van der Waals surface area contributed by atoms with Gasteiger partial charge in [0.25, 0.3) is 0 Å². The van der Waals surface area contributed by atoms with Crippen LogP contribution < -0.4 is 4.90 Å². The van der Waals surface area contributed by atoms with Gasteiger partial charge in [0.15, 0.2) is 0 Å². The Labute approximate surface area is 209 Å². The summed E-state index contributed by atoms with van der Waals surface area (Å²) in [5, 5.41) is 22.2. The Hall–Kier alpha value is -3.44. The number of aliphatic hydroxyl groups excluding tert-OH is 1. The van der Waals surface area contributed by atoms with Gasteiger partial charge in [-0.25, -0.2) is 14.8 Å². The summed E-state index contributed by atoms with van der Waals surface area (Å²) < 4.78 is 6.71. The maximum Gasteiger partial charge on any atom is 0.338 e. The van der Waals surface area contributed by atoms with Crippen molar-refractivity contribution in [1.82, 2.24) is 35.1 Å². The molecule has 0 aliphatic carbocycles. The highest BCUT2D eigenvalue weighted by molar-refractivity contribution is 5.93. The first-order chi connectivity index (χ1) is 17.5. The first-order valence-electron chi connectivity index (χ1n) is 12.5. The van der Waals surface area contributed by atoms with E-state index in [4.69, 9.17) is 4.74 Å². The van der Waals surface area contributed by atoms with E-state index in [9.17, 15) is 9.90 Å². The summed E-state index contributed by atoms with van der Waals surface area (Å²) in [7, 11) is 0. The third-order valence-electron chi connectivity index (χ3n) is 8.10. The Bertz CT molecular complexity index is 1240. The molecule has 0 unspecified atom stereocenters. The van der Waals surface area contributed by atoms with Crippen molar-refractivity contribution in [2.24, 2.45) is 5.41 Å². The van der Waals surface area contributed by atoms with Crippen LogP contribution in [0.25, 0.3) is 5.69 Å². The van der Waals surface area contributed by atoms with E-state index in [1.54, 1.807) is 23.1 Å². The van der Waals surface area contributed by atoms with Gasteiger partial charge < -0.3 is 19.6 Å². The number of nitrogens with zero attached hydrogens (tertiary/aromatic N) is 8. The molecule has 1 aromatic carbocycles. The molecule has 6 rings (SSSR count). The minimum absolute atomic E-state index is 0.249. The lowest BCUT2D eigenvalue weighted by atomic mass is 9.72. The second kappa shape index (κ2) is 9.21. The number of esters is 1. The molecule has 3 aliphatic rings. The highest BCUT2D eigenvalue weighted by Crippen LogP contribution is 2.41. The maximum atomic E-state index is 11.8. The topological polar surface area (TPSA) is 122 Å². The number of likely N-dealkylation sites (tertiary alicyclic amines) is 1. The van der Waals surface area contributed by atoms with Crippen molar-refractivity contribution in [1.29, 1.82) is 0 Å². The Balaban J connectivity index is 1.07. The Kier molecular flexibility index (Phi) is 5.88. The van der Waals surface area contributed by atoms with Gasteiger partial charge in [-0.1, -0.05) is 6.07 Å². The lowest BCUT2D eigenvalue weighted by molar-refractivity contribution is 0.0493. The molecule has 11 heteroatoms. The fraction of sp³-hybridized carbons (Fsp3) is 0.520. The van der Waals surface area contributed by atoms with Gasteiger partial charge in [0.05, 0.1) is 24.1 Å². The van der Waals surface area contributed by atoms with Crippen LogP contribution in [0.1, 0.15) is 58.8 Å². The van der Waals surface area contributed by atoms with Crippen LogP contribution in [-0.4, -0.2) is 78.9 Å². The third kappa shape index (κ3) is 4.22. The number of piperidine rings is 2. The van der Waals surface area contributed by atoms with Crippen molar-refractivity contribution in [3.05, 3.63) is 53.1 Å². The number of tetrazole rings is 1. The molecule has 1 atom stereocenters. The number of cyclic esters (lactones) is 1. The number of rotatable bonds is 5. The van der Waals surface area contributed by atoms with Crippen LogP contribution in [0.2, 0.25) is 0 Å². The predicted molar refractivity (Wildman–Crippen MR) is 130 cm³/mol. The van der Waals surface area contributed by atoms with Crippen LogP contribution in [0.5, 0.6) is 0 Å². The quantitative estimate of drug-likeness (QED) is 0.530. The number of fused-ring (bicyclic) bond motifs is 1. The normalized spacial score (nSPS) is 20.4. The molecule has 3 aliphatic heterocycles. The number of aliphatic hydroxyl groups is 1. The molecule has 1 spiro atoms. The van der Waals surface area contributed by atoms with E-state index in [1.807, 2.05) is 13.0 Å². The maximum absolute atomic E-state index is 11.8. The minimum Gasteiger partial charge on any atom is -0.457 e. The zero-order valence-electron chi connectivity index (χ0n) is 20.4. The fourth-order valence-electron chi connectivity index (χ4n) is 5.94. The number of anilines is 1. The predicted octanol–water partition coefficient (Wildman–Crippen LogP) is 1.85. The number of carbonyl (C=O) groups is 1. The second-order valence-corrected chi connectivity index (χ2v) is 10.2. The summed E-state index contributed by atoms with van der Waals surface area (Å²) in [6, 6.07) is 3.66. The minimum atomic E-state index is -0.588. The van der Waals surface area contributed by atoms with Crippen LogP contribution in [0.4, 0.5) is 5.95 Å². The number of benzene rings is 1. The van der Waals surface area contributed by atoms with Gasteiger partial charge in [-0.05, 0) is 78.7 Å². The zero-order valence-corrected chi connectivity index (χ0v) is 20.4. The van der Waals surface area contributed by atoms with E-state index >= 15 is 0 Å². The van der Waals surface area contributed by atoms with Gasteiger partial charge in [-0.2, -0.15) is 4.68 Å². The smallest absolute Gasteiger partial charge is 0.338 e. The molecule has 5 heterocycles. The zero-order chi connectivity index (χ0) is 24.7. The van der Waals surface area contributed by atoms with E-state index in [1.165, 1.54) is 12.7 Å². The van der Waals surface area contributed by atoms with E-state index in [0.29, 0.717) is 18.7 Å². The molecule has 11 nitrogen and oxygen atoms in total. The average Bonchev–Trinajstić information content (AvgIpc) is 3.57. The molecule has 0 bridgehead atoms. The number of ether oxygens (including phenoxy) is 1. The standard InChI is InChI=1S/C25H30N8O3/c1-17-19(3-4-20-21(17)14-36-23(20)35)22(34)13-31-9-6-25(7-10-31)5-2-8-32(15-25)24-26-11-18(12-27-24)33-16-28-29-30-33/h3-4,11-12,16,22,34H,2,5-10,13-15H2,1H3/t22-/m0/s1. The number of hydrogen-bond donors (Lipinski definition) is 1. The number of carbonyl (C=O) groups excluding carboxylic acids is 1. The van der Waals surface area contributed by atoms with Gasteiger partial charge in [0.2, 0.25) is 5.95 Å². The van der Waals surface area contributed by atoms with Crippen molar-refractivity contribution in [3.8, 4) is 5.69 Å². The summed E-state index contributed by atoms with van der Waals surface area (Å²) in [6.07, 6.45) is 8.96. The van der Waals surface area contributed by atoms with Crippen LogP contribution in [-0.2, 0) is 11.3 Å². The molecule has 2 aromatic heterocycles. The molecule has 3 aromatic rings. The van der Waals surface area contributed by atoms with E-state index in [2.05, 4.69) is 35.3 Å². The van der Waals surface area contributed by atoms with Gasteiger partial charge in [-0.15, -0.1) is 5.10 Å². The first kappa shape index (κ1) is 23.0. The van der Waals surface area contributed by atoms with Gasteiger partial charge >= 0.3 is 5.97 Å². The second-order valence-electron chi connectivity index (χ2n) is 10.2. The molecule has 2 fully saturated rings.